The minimum absolute atomic E-state index is 0.0714. The lowest BCUT2D eigenvalue weighted by molar-refractivity contribution is -0.384. The van der Waals surface area contributed by atoms with Crippen LogP contribution in [0.4, 0.5) is 5.69 Å². The lowest BCUT2D eigenvalue weighted by Crippen LogP contribution is -2.46. The van der Waals surface area contributed by atoms with E-state index in [1.807, 2.05) is 0 Å². The number of nitrogens with one attached hydrogen (secondary N) is 1. The molecule has 1 N–H and O–H groups in total. The molecule has 1 aromatic rings. The van der Waals surface area contributed by atoms with E-state index in [0.29, 0.717) is 5.56 Å². The molecular weight excluding hydrogens is 320 g/mol. The van der Waals surface area contributed by atoms with Crippen molar-refractivity contribution < 1.29 is 28.8 Å². The standard InChI is InChI=1S/C15H18N2O7/c1-4-23-15(20)13(16-9(2)18)14(24-10(3)19)11-5-7-12(8-6-11)17(21)22/h5-8,13-14H,4H2,1-3H3,(H,16,18)/t13-,14-/m0/s1. The molecule has 0 saturated heterocycles. The van der Waals surface area contributed by atoms with Gasteiger partial charge < -0.3 is 14.8 Å². The van der Waals surface area contributed by atoms with E-state index in [2.05, 4.69) is 5.32 Å². The number of nitro groups is 1. The number of benzene rings is 1. The van der Waals surface area contributed by atoms with Crippen molar-refractivity contribution in [2.75, 3.05) is 6.61 Å². The van der Waals surface area contributed by atoms with Crippen LogP contribution >= 0.6 is 0 Å². The van der Waals surface area contributed by atoms with Gasteiger partial charge in [0.2, 0.25) is 5.91 Å². The molecule has 130 valence electrons. The summed E-state index contributed by atoms with van der Waals surface area (Å²) in [5.41, 5.74) is 0.148. The molecule has 0 heterocycles. The Labute approximate surface area is 138 Å². The normalized spacial score (nSPS) is 12.6. The molecule has 2 atom stereocenters. The van der Waals surface area contributed by atoms with Crippen molar-refractivity contribution in [3.63, 3.8) is 0 Å². The van der Waals surface area contributed by atoms with E-state index in [4.69, 9.17) is 9.47 Å². The van der Waals surface area contributed by atoms with Gasteiger partial charge in [0.25, 0.3) is 5.69 Å². The summed E-state index contributed by atoms with van der Waals surface area (Å²) in [5, 5.41) is 13.1. The molecule has 1 rings (SSSR count). The molecule has 0 spiro atoms. The number of non-ortho nitro benzene ring substituents is 1. The number of rotatable bonds is 7. The summed E-state index contributed by atoms with van der Waals surface area (Å²) in [6.07, 6.45) is -1.17. The van der Waals surface area contributed by atoms with Gasteiger partial charge in [0.05, 0.1) is 11.5 Å². The topological polar surface area (TPSA) is 125 Å². The molecule has 24 heavy (non-hydrogen) atoms. The molecule has 0 unspecified atom stereocenters. The molecular formula is C15H18N2O7. The molecule has 0 saturated carbocycles. The largest absolute Gasteiger partial charge is 0.464 e. The van der Waals surface area contributed by atoms with Crippen LogP contribution in [0.25, 0.3) is 0 Å². The third-order valence-electron chi connectivity index (χ3n) is 2.93. The summed E-state index contributed by atoms with van der Waals surface area (Å²) in [5.74, 6) is -1.98. The third kappa shape index (κ3) is 5.34. The first-order valence-electron chi connectivity index (χ1n) is 7.11. The second-order valence-corrected chi connectivity index (χ2v) is 4.81. The van der Waals surface area contributed by atoms with Gasteiger partial charge in [-0.1, -0.05) is 0 Å². The monoisotopic (exact) mass is 338 g/mol. The maximum atomic E-state index is 12.1. The summed E-state index contributed by atoms with van der Waals surface area (Å²) in [7, 11) is 0. The molecule has 0 aliphatic carbocycles. The van der Waals surface area contributed by atoms with Gasteiger partial charge in [-0.25, -0.2) is 4.79 Å². The number of amides is 1. The van der Waals surface area contributed by atoms with Crippen LogP contribution in [0.3, 0.4) is 0 Å². The molecule has 0 bridgehead atoms. The van der Waals surface area contributed by atoms with Crippen LogP contribution < -0.4 is 5.32 Å². The summed E-state index contributed by atoms with van der Waals surface area (Å²) >= 11 is 0. The van der Waals surface area contributed by atoms with Crippen molar-refractivity contribution in [2.24, 2.45) is 0 Å². The van der Waals surface area contributed by atoms with E-state index >= 15 is 0 Å². The Morgan fingerprint density at radius 3 is 2.21 bits per heavy atom. The molecule has 0 radical (unpaired) electrons. The van der Waals surface area contributed by atoms with Gasteiger partial charge in [-0.05, 0) is 24.6 Å². The first-order valence-corrected chi connectivity index (χ1v) is 7.11. The highest BCUT2D eigenvalue weighted by atomic mass is 16.6. The fourth-order valence-electron chi connectivity index (χ4n) is 2.00. The summed E-state index contributed by atoms with van der Waals surface area (Å²) in [4.78, 5) is 45.0. The van der Waals surface area contributed by atoms with Crippen LogP contribution in [0.15, 0.2) is 24.3 Å². The molecule has 0 fully saturated rings. The molecule has 9 heteroatoms. The number of hydrogen-bond donors (Lipinski definition) is 1. The summed E-state index contributed by atoms with van der Waals surface area (Å²) in [6.45, 7) is 4.01. The van der Waals surface area contributed by atoms with E-state index in [-0.39, 0.29) is 12.3 Å². The van der Waals surface area contributed by atoms with Crippen molar-refractivity contribution in [3.05, 3.63) is 39.9 Å². The quantitative estimate of drug-likeness (QED) is 0.451. The smallest absolute Gasteiger partial charge is 0.332 e. The maximum Gasteiger partial charge on any atom is 0.332 e. The fraction of sp³-hybridized carbons (Fsp3) is 0.400. The summed E-state index contributed by atoms with van der Waals surface area (Å²) < 4.78 is 10.0. The Hall–Kier alpha value is -2.97. The van der Waals surface area contributed by atoms with Crippen molar-refractivity contribution in [2.45, 2.75) is 32.9 Å². The number of carbonyl (C=O) groups excluding carboxylic acids is 3. The summed E-state index contributed by atoms with van der Waals surface area (Å²) in [6, 6.07) is 3.84. The average molecular weight is 338 g/mol. The van der Waals surface area contributed by atoms with E-state index in [1.54, 1.807) is 6.92 Å². The highest BCUT2D eigenvalue weighted by molar-refractivity contribution is 5.84. The molecule has 1 aromatic carbocycles. The number of ether oxygens (including phenoxy) is 2. The molecule has 1 amide bonds. The average Bonchev–Trinajstić information content (AvgIpc) is 2.50. The minimum Gasteiger partial charge on any atom is -0.464 e. The second-order valence-electron chi connectivity index (χ2n) is 4.81. The zero-order valence-corrected chi connectivity index (χ0v) is 13.5. The van der Waals surface area contributed by atoms with Gasteiger partial charge in [0, 0.05) is 26.0 Å². The first kappa shape index (κ1) is 19.1. The number of nitro benzene ring substituents is 1. The number of carbonyl (C=O) groups is 3. The van der Waals surface area contributed by atoms with Crippen LogP contribution in [0.1, 0.15) is 32.4 Å². The number of hydrogen-bond acceptors (Lipinski definition) is 7. The predicted octanol–water partition coefficient (Wildman–Crippen LogP) is 1.27. The van der Waals surface area contributed by atoms with Crippen LogP contribution in [0, 0.1) is 10.1 Å². The van der Waals surface area contributed by atoms with Gasteiger partial charge >= 0.3 is 11.9 Å². The van der Waals surface area contributed by atoms with Crippen LogP contribution in [0.2, 0.25) is 0 Å². The highest BCUT2D eigenvalue weighted by Crippen LogP contribution is 2.25. The van der Waals surface area contributed by atoms with Gasteiger partial charge in [-0.3, -0.25) is 19.7 Å². The molecule has 0 aliphatic heterocycles. The Kier molecular flexibility index (Phi) is 6.84. The lowest BCUT2D eigenvalue weighted by Gasteiger charge is -2.26. The minimum atomic E-state index is -1.27. The Bertz CT molecular complexity index is 627. The van der Waals surface area contributed by atoms with E-state index in [9.17, 15) is 24.5 Å². The van der Waals surface area contributed by atoms with Crippen LogP contribution in [0.5, 0.6) is 0 Å². The van der Waals surface area contributed by atoms with Crippen molar-refractivity contribution in [1.82, 2.24) is 5.32 Å². The third-order valence-corrected chi connectivity index (χ3v) is 2.93. The van der Waals surface area contributed by atoms with Crippen molar-refractivity contribution in [3.8, 4) is 0 Å². The van der Waals surface area contributed by atoms with Crippen molar-refractivity contribution >= 4 is 23.5 Å². The molecule has 0 aromatic heterocycles. The van der Waals surface area contributed by atoms with Gasteiger partial charge in [0.1, 0.15) is 0 Å². The Morgan fingerprint density at radius 1 is 1.21 bits per heavy atom. The van der Waals surface area contributed by atoms with Crippen LogP contribution in [-0.2, 0) is 23.9 Å². The van der Waals surface area contributed by atoms with Gasteiger partial charge in [-0.2, -0.15) is 0 Å². The second kappa shape index (κ2) is 8.61. The van der Waals surface area contributed by atoms with E-state index in [1.165, 1.54) is 31.2 Å². The van der Waals surface area contributed by atoms with Gasteiger partial charge in [0.15, 0.2) is 12.1 Å². The van der Waals surface area contributed by atoms with E-state index in [0.717, 1.165) is 6.92 Å². The Morgan fingerprint density at radius 2 is 1.79 bits per heavy atom. The zero-order chi connectivity index (χ0) is 18.3. The van der Waals surface area contributed by atoms with Crippen LogP contribution in [-0.4, -0.2) is 35.4 Å². The predicted molar refractivity (Wildman–Crippen MR) is 81.8 cm³/mol. The van der Waals surface area contributed by atoms with Gasteiger partial charge in [-0.15, -0.1) is 0 Å². The Balaban J connectivity index is 3.23. The van der Waals surface area contributed by atoms with Crippen molar-refractivity contribution in [1.29, 1.82) is 0 Å². The fourth-order valence-corrected chi connectivity index (χ4v) is 2.00. The lowest BCUT2D eigenvalue weighted by atomic mass is 10.0. The highest BCUT2D eigenvalue weighted by Gasteiger charge is 2.34. The number of esters is 2. The zero-order valence-electron chi connectivity index (χ0n) is 13.5. The first-order chi connectivity index (χ1) is 11.3. The number of nitrogens with zero attached hydrogens (tertiary/aromatic N) is 1. The molecule has 0 aliphatic rings. The van der Waals surface area contributed by atoms with E-state index < -0.39 is 34.9 Å². The maximum absolute atomic E-state index is 12.1. The molecule has 9 nitrogen and oxygen atoms in total. The SMILES string of the molecule is CCOC(=O)[C@@H](NC(C)=O)[C@@H](OC(C)=O)c1ccc([N+](=O)[O-])cc1.